The quantitative estimate of drug-likeness (QED) is 0.734. The Kier molecular flexibility index (Phi) is 4.78. The Bertz CT molecular complexity index is 790. The minimum Gasteiger partial charge on any atom is -0.341 e. The Hall–Kier alpha value is -2.01. The van der Waals surface area contributed by atoms with E-state index in [1.165, 1.54) is 17.0 Å². The summed E-state index contributed by atoms with van der Waals surface area (Å²) in [6.07, 6.45) is -3.96. The summed E-state index contributed by atoms with van der Waals surface area (Å²) in [6, 6.07) is 12.7. The van der Waals surface area contributed by atoms with Gasteiger partial charge in [0.15, 0.2) is 0 Å². The molecule has 0 radical (unpaired) electrons. The fourth-order valence-electron chi connectivity index (χ4n) is 3.13. The summed E-state index contributed by atoms with van der Waals surface area (Å²) >= 11 is 6.10. The number of alkyl halides is 3. The van der Waals surface area contributed by atoms with Gasteiger partial charge in [0.1, 0.15) is 0 Å². The summed E-state index contributed by atoms with van der Waals surface area (Å²) in [7, 11) is 1.65. The van der Waals surface area contributed by atoms with Gasteiger partial charge in [-0.1, -0.05) is 48.0 Å². The maximum absolute atomic E-state index is 13.1. The normalized spacial score (nSPS) is 19.6. The van der Waals surface area contributed by atoms with Crippen LogP contribution >= 0.6 is 11.6 Å². The van der Waals surface area contributed by atoms with Crippen molar-refractivity contribution in [2.45, 2.75) is 25.1 Å². The smallest absolute Gasteiger partial charge is 0.341 e. The Labute approximate surface area is 149 Å². The predicted octanol–water partition coefficient (Wildman–Crippen LogP) is 5.12. The number of nitrogens with zero attached hydrogens (tertiary/aromatic N) is 1. The molecule has 6 heteroatoms. The molecule has 0 N–H and O–H groups in total. The van der Waals surface area contributed by atoms with Crippen molar-refractivity contribution in [1.29, 1.82) is 0 Å². The van der Waals surface area contributed by atoms with Crippen molar-refractivity contribution >= 4 is 17.5 Å². The Morgan fingerprint density at radius 2 is 1.80 bits per heavy atom. The van der Waals surface area contributed by atoms with E-state index in [2.05, 4.69) is 0 Å². The van der Waals surface area contributed by atoms with E-state index in [1.54, 1.807) is 25.2 Å². The van der Waals surface area contributed by atoms with Crippen LogP contribution in [0.4, 0.5) is 13.2 Å². The van der Waals surface area contributed by atoms with Crippen LogP contribution in [-0.4, -0.2) is 17.9 Å². The topological polar surface area (TPSA) is 20.3 Å². The van der Waals surface area contributed by atoms with E-state index in [1.807, 2.05) is 12.1 Å². The number of amides is 1. The van der Waals surface area contributed by atoms with Gasteiger partial charge in [0.05, 0.1) is 5.56 Å². The molecule has 0 aromatic heterocycles. The molecule has 1 saturated carbocycles. The van der Waals surface area contributed by atoms with Crippen molar-refractivity contribution in [3.8, 4) is 0 Å². The molecule has 0 aliphatic heterocycles. The van der Waals surface area contributed by atoms with E-state index in [0.29, 0.717) is 18.0 Å². The molecule has 2 atom stereocenters. The molecule has 3 rings (SSSR count). The summed E-state index contributed by atoms with van der Waals surface area (Å²) in [5, 5.41) is 0.567. The highest BCUT2D eigenvalue weighted by Crippen LogP contribution is 2.51. The van der Waals surface area contributed by atoms with E-state index < -0.39 is 17.7 Å². The van der Waals surface area contributed by atoms with Crippen LogP contribution in [0.2, 0.25) is 5.02 Å². The minimum atomic E-state index is -4.41. The van der Waals surface area contributed by atoms with Crippen LogP contribution in [0.1, 0.15) is 29.0 Å². The second-order valence-electron chi connectivity index (χ2n) is 6.32. The first kappa shape index (κ1) is 17.8. The largest absolute Gasteiger partial charge is 0.416 e. The molecule has 0 spiro atoms. The van der Waals surface area contributed by atoms with E-state index in [4.69, 9.17) is 11.6 Å². The predicted molar refractivity (Wildman–Crippen MR) is 90.2 cm³/mol. The van der Waals surface area contributed by atoms with E-state index in [0.717, 1.165) is 11.6 Å². The van der Waals surface area contributed by atoms with Gasteiger partial charge in [-0.3, -0.25) is 4.79 Å². The highest BCUT2D eigenvalue weighted by atomic mass is 35.5. The zero-order chi connectivity index (χ0) is 18.2. The molecule has 0 heterocycles. The summed E-state index contributed by atoms with van der Waals surface area (Å²) in [5.74, 6) is -0.933. The highest BCUT2D eigenvalue weighted by molar-refractivity contribution is 6.31. The van der Waals surface area contributed by atoms with Crippen LogP contribution in [-0.2, 0) is 17.5 Å². The van der Waals surface area contributed by atoms with Crippen molar-refractivity contribution in [2.75, 3.05) is 7.05 Å². The lowest BCUT2D eigenvalue weighted by atomic mass is 10.0. The summed E-state index contributed by atoms with van der Waals surface area (Å²) in [5.41, 5.74) is 0.372. The Morgan fingerprint density at radius 3 is 2.48 bits per heavy atom. The second-order valence-corrected chi connectivity index (χ2v) is 6.73. The number of carbonyl (C=O) groups excluding carboxylic acids is 1. The lowest BCUT2D eigenvalue weighted by Crippen LogP contribution is -2.28. The molecule has 1 amide bonds. The van der Waals surface area contributed by atoms with Gasteiger partial charge in [0.2, 0.25) is 5.91 Å². The first-order valence-corrected chi connectivity index (χ1v) is 8.31. The number of benzene rings is 2. The van der Waals surface area contributed by atoms with Gasteiger partial charge in [-0.15, -0.1) is 0 Å². The second kappa shape index (κ2) is 6.71. The van der Waals surface area contributed by atoms with Crippen molar-refractivity contribution in [3.63, 3.8) is 0 Å². The monoisotopic (exact) mass is 367 g/mol. The first-order valence-electron chi connectivity index (χ1n) is 7.93. The van der Waals surface area contributed by atoms with Gasteiger partial charge in [0, 0.05) is 24.5 Å². The van der Waals surface area contributed by atoms with E-state index in [-0.39, 0.29) is 17.4 Å². The molecule has 1 aliphatic carbocycles. The van der Waals surface area contributed by atoms with Crippen molar-refractivity contribution < 1.29 is 18.0 Å². The SMILES string of the molecule is CN(Cc1ccccc1Cl)C(=O)C1CC1c1ccccc1C(F)(F)F. The number of hydrogen-bond donors (Lipinski definition) is 0. The average Bonchev–Trinajstić information content (AvgIpc) is 3.36. The maximum atomic E-state index is 13.1. The molecule has 132 valence electrons. The molecule has 2 aromatic rings. The van der Waals surface area contributed by atoms with Crippen LogP contribution in [0.15, 0.2) is 48.5 Å². The fourth-order valence-corrected chi connectivity index (χ4v) is 3.33. The van der Waals surface area contributed by atoms with Crippen LogP contribution in [0, 0.1) is 5.92 Å². The zero-order valence-electron chi connectivity index (χ0n) is 13.6. The van der Waals surface area contributed by atoms with Gasteiger partial charge < -0.3 is 4.90 Å². The Morgan fingerprint density at radius 1 is 1.16 bits per heavy atom. The van der Waals surface area contributed by atoms with Crippen molar-refractivity contribution in [2.24, 2.45) is 5.92 Å². The zero-order valence-corrected chi connectivity index (χ0v) is 14.3. The maximum Gasteiger partial charge on any atom is 0.416 e. The third kappa shape index (κ3) is 3.82. The van der Waals surface area contributed by atoms with Crippen molar-refractivity contribution in [1.82, 2.24) is 4.90 Å². The summed E-state index contributed by atoms with van der Waals surface area (Å²) in [6.45, 7) is 0.336. The number of carbonyl (C=O) groups is 1. The first-order chi connectivity index (χ1) is 11.8. The molecule has 2 nitrogen and oxygen atoms in total. The molecule has 0 saturated heterocycles. The standard InChI is InChI=1S/C19H17ClF3NO/c1-24(11-12-6-2-5-9-17(12)20)18(25)15-10-14(15)13-7-3-4-8-16(13)19(21,22)23/h2-9,14-15H,10-11H2,1H3. The van der Waals surface area contributed by atoms with Crippen LogP contribution in [0.5, 0.6) is 0 Å². The molecular formula is C19H17ClF3NO. The van der Waals surface area contributed by atoms with Crippen LogP contribution in [0.3, 0.4) is 0 Å². The van der Waals surface area contributed by atoms with Crippen LogP contribution in [0.25, 0.3) is 0 Å². The van der Waals surface area contributed by atoms with Crippen molar-refractivity contribution in [3.05, 3.63) is 70.2 Å². The molecule has 1 fully saturated rings. The van der Waals surface area contributed by atoms with Gasteiger partial charge in [-0.05, 0) is 35.6 Å². The summed E-state index contributed by atoms with van der Waals surface area (Å²) < 4.78 is 39.4. The molecule has 1 aliphatic rings. The number of hydrogen-bond acceptors (Lipinski definition) is 1. The van der Waals surface area contributed by atoms with Gasteiger partial charge >= 0.3 is 6.18 Å². The molecule has 25 heavy (non-hydrogen) atoms. The Balaban J connectivity index is 1.72. The van der Waals surface area contributed by atoms with Gasteiger partial charge in [-0.25, -0.2) is 0 Å². The third-order valence-electron chi connectivity index (χ3n) is 4.51. The molecule has 0 bridgehead atoms. The molecular weight excluding hydrogens is 351 g/mol. The molecule has 2 unspecified atom stereocenters. The van der Waals surface area contributed by atoms with E-state index >= 15 is 0 Å². The third-order valence-corrected chi connectivity index (χ3v) is 4.88. The minimum absolute atomic E-state index is 0.151. The number of halogens is 4. The summed E-state index contributed by atoms with van der Waals surface area (Å²) in [4.78, 5) is 14.1. The fraction of sp³-hybridized carbons (Fsp3) is 0.316. The van der Waals surface area contributed by atoms with E-state index in [9.17, 15) is 18.0 Å². The number of rotatable bonds is 4. The highest BCUT2D eigenvalue weighted by Gasteiger charge is 2.48. The van der Waals surface area contributed by atoms with Crippen LogP contribution < -0.4 is 0 Å². The lowest BCUT2D eigenvalue weighted by molar-refractivity contribution is -0.138. The molecule has 2 aromatic carbocycles. The lowest BCUT2D eigenvalue weighted by Gasteiger charge is -2.19. The van der Waals surface area contributed by atoms with Gasteiger partial charge in [-0.2, -0.15) is 13.2 Å². The van der Waals surface area contributed by atoms with Gasteiger partial charge in [0.25, 0.3) is 0 Å². The average molecular weight is 368 g/mol.